The minimum Gasteiger partial charge on any atom is -0.407 e. The van der Waals surface area contributed by atoms with Crippen LogP contribution < -0.4 is 4.98 Å². The van der Waals surface area contributed by atoms with Gasteiger partial charge < -0.3 is 22.5 Å². The molecule has 0 spiro atoms. The van der Waals surface area contributed by atoms with E-state index in [0.717, 1.165) is 12.6 Å². The monoisotopic (exact) mass is 468 g/mol. The summed E-state index contributed by atoms with van der Waals surface area (Å²) in [5.41, 5.74) is 0. The minimum absolute atomic E-state index is 0. The molecule has 2 aliphatic rings. The molecule has 0 aromatic carbocycles. The normalized spacial score (nSPS) is 25.7. The average Bonchev–Trinajstić information content (AvgIpc) is 3.19. The van der Waals surface area contributed by atoms with Gasteiger partial charge in [-0.05, 0) is 52.6 Å². The summed E-state index contributed by atoms with van der Waals surface area (Å²) in [5, 5.41) is 0. The van der Waals surface area contributed by atoms with Gasteiger partial charge in [0, 0.05) is 27.4 Å². The van der Waals surface area contributed by atoms with E-state index in [0.29, 0.717) is 0 Å². The molecule has 1 unspecified atom stereocenters. The van der Waals surface area contributed by atoms with Crippen molar-refractivity contribution < 1.29 is 14.7 Å². The van der Waals surface area contributed by atoms with Crippen molar-refractivity contribution >= 4 is 33.7 Å². The second-order valence-corrected chi connectivity index (χ2v) is 27.6. The number of hydrogen-bond acceptors (Lipinski definition) is 6. The highest BCUT2D eigenvalue weighted by Gasteiger charge is 2.46. The third kappa shape index (κ3) is 8.78. The predicted molar refractivity (Wildman–Crippen MR) is 133 cm³/mol. The lowest BCUT2D eigenvalue weighted by molar-refractivity contribution is 0.195. The standard InChI is InChI=1S/C8H21NOSi2.C6H15NO2Si.C4H13NSi/c1-10-12(5)8-6-7-9(12)11(2,3)4;1-7-5-4-6-10(7,8-2)9-3;1-5-6(2,3)4/h6-8H2,1-5H3;4-6H2,1-3H3;5H,1-4H3/p+1. The lowest BCUT2D eigenvalue weighted by Gasteiger charge is -2.40. The first kappa shape index (κ1) is 28.6. The van der Waals surface area contributed by atoms with Crippen molar-refractivity contribution in [3.63, 3.8) is 0 Å². The van der Waals surface area contributed by atoms with Gasteiger partial charge in [0.25, 0.3) is 8.48 Å². The molecule has 2 heterocycles. The summed E-state index contributed by atoms with van der Waals surface area (Å²) < 4.78 is 21.5. The van der Waals surface area contributed by atoms with Crippen LogP contribution in [0.25, 0.3) is 0 Å². The predicted octanol–water partition coefficient (Wildman–Crippen LogP) is 3.95. The van der Waals surface area contributed by atoms with Gasteiger partial charge in [0.15, 0.2) is 0 Å². The van der Waals surface area contributed by atoms with Crippen LogP contribution in [0.15, 0.2) is 0 Å². The summed E-state index contributed by atoms with van der Waals surface area (Å²) in [7, 11) is 4.21. The van der Waals surface area contributed by atoms with Gasteiger partial charge in [-0.15, -0.1) is 0 Å². The maximum atomic E-state index is 5.74. The van der Waals surface area contributed by atoms with Crippen molar-refractivity contribution in [3.05, 3.63) is 0 Å². The van der Waals surface area contributed by atoms with Crippen molar-refractivity contribution in [2.24, 2.45) is 0 Å². The highest BCUT2D eigenvalue weighted by atomic mass is 28.4. The maximum absolute atomic E-state index is 5.74. The van der Waals surface area contributed by atoms with E-state index in [9.17, 15) is 0 Å². The Morgan fingerprint density at radius 3 is 1.54 bits per heavy atom. The van der Waals surface area contributed by atoms with Gasteiger partial charge in [0.2, 0.25) is 0 Å². The van der Waals surface area contributed by atoms with Gasteiger partial charge in [0.05, 0.1) is 0 Å². The highest BCUT2D eigenvalue weighted by molar-refractivity contribution is 6.88. The van der Waals surface area contributed by atoms with Crippen LogP contribution in [0, 0.1) is 0 Å². The Labute approximate surface area is 181 Å². The fraction of sp³-hybridized carbons (Fsp3) is 1.00. The van der Waals surface area contributed by atoms with E-state index in [1.54, 1.807) is 14.2 Å². The van der Waals surface area contributed by atoms with Crippen LogP contribution in [-0.2, 0) is 13.3 Å². The first-order valence-electron chi connectivity index (χ1n) is 10.5. The number of nitrogens with one attached hydrogen (secondary N) is 1. The van der Waals surface area contributed by atoms with Gasteiger partial charge in [0.1, 0.15) is 16.5 Å². The van der Waals surface area contributed by atoms with Crippen molar-refractivity contribution in [1.29, 1.82) is 0 Å². The van der Waals surface area contributed by atoms with Crippen LogP contribution in [0.4, 0.5) is 0 Å². The smallest absolute Gasteiger partial charge is 0.407 e. The quantitative estimate of drug-likeness (QED) is 0.616. The molecular weight excluding hydrogens is 419 g/mol. The van der Waals surface area contributed by atoms with Crippen LogP contribution in [0.1, 0.15) is 14.3 Å². The van der Waals surface area contributed by atoms with Crippen molar-refractivity contribution in [2.75, 3.05) is 48.5 Å². The van der Waals surface area contributed by atoms with Gasteiger partial charge >= 0.3 is 10.1 Å². The highest BCUT2D eigenvalue weighted by Crippen LogP contribution is 2.31. The zero-order valence-corrected chi connectivity index (χ0v) is 24.9. The second kappa shape index (κ2) is 11.9. The van der Waals surface area contributed by atoms with E-state index >= 15 is 0 Å². The van der Waals surface area contributed by atoms with Gasteiger partial charge in [-0.1, -0.05) is 39.3 Å². The third-order valence-electron chi connectivity index (χ3n) is 5.80. The van der Waals surface area contributed by atoms with E-state index in [2.05, 4.69) is 66.7 Å². The summed E-state index contributed by atoms with van der Waals surface area (Å²) in [4.78, 5) is 3.24. The molecule has 1 atom stereocenters. The fourth-order valence-electron chi connectivity index (χ4n) is 3.69. The summed E-state index contributed by atoms with van der Waals surface area (Å²) in [5.74, 6) is 0. The number of nitrogens with zero attached hydrogens (tertiary/aromatic N) is 2. The fourth-order valence-corrected chi connectivity index (χ4v) is 15.6. The molecule has 2 saturated heterocycles. The molecule has 0 amide bonds. The van der Waals surface area contributed by atoms with E-state index < -0.39 is 33.7 Å². The lowest BCUT2D eigenvalue weighted by atomic mass is 10.5. The Morgan fingerprint density at radius 1 is 0.857 bits per heavy atom. The molecule has 1 N–H and O–H groups in total. The SMILES string of the molecule is CN[Si](C)(C)C.CO[Si]1(C)CCCN1[Si](C)(C)C.CO[Si]1(OC)CCCN1C.[H+]. The van der Waals surface area contributed by atoms with E-state index in [4.69, 9.17) is 13.3 Å². The minimum atomic E-state index is -1.85. The molecule has 0 aliphatic carbocycles. The van der Waals surface area contributed by atoms with Crippen LogP contribution in [-0.4, -0.2) is 91.0 Å². The molecule has 10 heteroatoms. The zero-order chi connectivity index (χ0) is 22.2. The topological polar surface area (TPSA) is 46.2 Å². The molecule has 0 saturated carbocycles. The summed E-state index contributed by atoms with van der Waals surface area (Å²) >= 11 is 0. The van der Waals surface area contributed by atoms with Crippen molar-refractivity contribution in [1.82, 2.24) is 13.8 Å². The van der Waals surface area contributed by atoms with Gasteiger partial charge in [-0.3, -0.25) is 4.57 Å². The molecule has 0 bridgehead atoms. The number of hydrogen-bond donors (Lipinski definition) is 1. The third-order valence-corrected chi connectivity index (χ3v) is 19.7. The van der Waals surface area contributed by atoms with Crippen LogP contribution in [0.3, 0.4) is 0 Å². The Morgan fingerprint density at radius 2 is 1.32 bits per heavy atom. The molecular formula is C18H50N3O3Si4+. The number of rotatable bonds is 5. The molecule has 0 radical (unpaired) electrons. The molecule has 6 nitrogen and oxygen atoms in total. The van der Waals surface area contributed by atoms with Crippen LogP contribution in [0.2, 0.25) is 57.9 Å². The largest absolute Gasteiger partial charge is 1.00 e. The summed E-state index contributed by atoms with van der Waals surface area (Å²) in [6.45, 7) is 18.8. The lowest BCUT2D eigenvalue weighted by Crippen LogP contribution is -2.59. The molecule has 0 aromatic rings. The molecule has 2 aliphatic heterocycles. The van der Waals surface area contributed by atoms with Crippen molar-refractivity contribution in [3.8, 4) is 0 Å². The average molecular weight is 469 g/mol. The van der Waals surface area contributed by atoms with Crippen LogP contribution >= 0.6 is 0 Å². The molecule has 0 aromatic heterocycles. The Bertz CT molecular complexity index is 449. The summed E-state index contributed by atoms with van der Waals surface area (Å²) in [6.07, 6.45) is 2.56. The van der Waals surface area contributed by atoms with Crippen LogP contribution in [0.5, 0.6) is 0 Å². The maximum Gasteiger partial charge on any atom is 1.00 e. The molecule has 2 rings (SSSR count). The Kier molecular flexibility index (Phi) is 12.1. The second-order valence-electron chi connectivity index (χ2n) is 9.95. The Balaban J connectivity index is 0. The molecule has 28 heavy (non-hydrogen) atoms. The van der Waals surface area contributed by atoms with Crippen molar-refractivity contribution in [2.45, 2.75) is 70.8 Å². The Hall–Kier alpha value is 0.628. The summed E-state index contributed by atoms with van der Waals surface area (Å²) in [6, 6.07) is 2.43. The van der Waals surface area contributed by atoms with Gasteiger partial charge in [-0.25, -0.2) is 0 Å². The first-order valence-corrected chi connectivity index (χ1v) is 22.0. The zero-order valence-electron chi connectivity index (χ0n) is 21.9. The van der Waals surface area contributed by atoms with E-state index in [1.807, 2.05) is 14.2 Å². The first-order chi connectivity index (χ1) is 12.7. The molecule has 170 valence electrons. The molecule has 2 fully saturated rings. The van der Waals surface area contributed by atoms with Gasteiger partial charge in [-0.2, -0.15) is 0 Å². The van der Waals surface area contributed by atoms with E-state index in [1.165, 1.54) is 25.4 Å². The van der Waals surface area contributed by atoms with E-state index in [-0.39, 0.29) is 1.43 Å².